The molecule has 1 saturated heterocycles. The molecule has 2 aromatic rings. The summed E-state index contributed by atoms with van der Waals surface area (Å²) < 4.78 is 0. The second-order valence-corrected chi connectivity index (χ2v) is 8.38. The van der Waals surface area contributed by atoms with Crippen molar-refractivity contribution in [2.75, 3.05) is 37.8 Å². The van der Waals surface area contributed by atoms with Crippen molar-refractivity contribution in [3.8, 4) is 0 Å². The molecular weight excluding hydrogens is 400 g/mol. The summed E-state index contributed by atoms with van der Waals surface area (Å²) in [7, 11) is 3.41. The van der Waals surface area contributed by atoms with Crippen LogP contribution >= 0.6 is 11.8 Å². The SMILES string of the molecule is CN(C)C(=O)Sc1ccc(NC(=O)C2CCCN(C(=O)Nc3ccccc3)C2)cc1. The number of piperidine rings is 1. The summed E-state index contributed by atoms with van der Waals surface area (Å²) in [5.41, 5.74) is 1.41. The molecule has 0 saturated carbocycles. The van der Waals surface area contributed by atoms with Crippen molar-refractivity contribution in [3.05, 3.63) is 54.6 Å². The summed E-state index contributed by atoms with van der Waals surface area (Å²) in [6, 6.07) is 16.3. The number of amides is 4. The Kier molecular flexibility index (Phi) is 7.35. The van der Waals surface area contributed by atoms with Gasteiger partial charge < -0.3 is 20.4 Å². The Morgan fingerprint density at radius 3 is 2.30 bits per heavy atom. The van der Waals surface area contributed by atoms with Gasteiger partial charge in [0.2, 0.25) is 5.91 Å². The van der Waals surface area contributed by atoms with Crippen LogP contribution in [0.25, 0.3) is 0 Å². The Hall–Kier alpha value is -3.00. The first-order chi connectivity index (χ1) is 14.4. The number of para-hydroxylation sites is 1. The van der Waals surface area contributed by atoms with Crippen LogP contribution in [0, 0.1) is 5.92 Å². The molecule has 1 aliphatic heterocycles. The molecule has 0 aliphatic carbocycles. The lowest BCUT2D eigenvalue weighted by Crippen LogP contribution is -2.45. The van der Waals surface area contributed by atoms with Gasteiger partial charge in [0.05, 0.1) is 5.92 Å². The Bertz CT molecular complexity index is 887. The summed E-state index contributed by atoms with van der Waals surface area (Å²) in [6.45, 7) is 1.02. The van der Waals surface area contributed by atoms with E-state index in [2.05, 4.69) is 10.6 Å². The number of anilines is 2. The molecule has 2 N–H and O–H groups in total. The highest BCUT2D eigenvalue weighted by atomic mass is 32.2. The summed E-state index contributed by atoms with van der Waals surface area (Å²) in [6.07, 6.45) is 1.52. The Labute approximate surface area is 180 Å². The number of benzene rings is 2. The first-order valence-electron chi connectivity index (χ1n) is 9.83. The zero-order valence-electron chi connectivity index (χ0n) is 17.1. The third kappa shape index (κ3) is 6.00. The number of thioether (sulfide) groups is 1. The fourth-order valence-electron chi connectivity index (χ4n) is 3.14. The van der Waals surface area contributed by atoms with Crippen LogP contribution in [0.1, 0.15) is 12.8 Å². The van der Waals surface area contributed by atoms with Crippen molar-refractivity contribution >= 4 is 40.3 Å². The molecule has 1 aliphatic rings. The topological polar surface area (TPSA) is 81.8 Å². The van der Waals surface area contributed by atoms with Gasteiger partial charge in [0.25, 0.3) is 5.24 Å². The Balaban J connectivity index is 1.53. The second kappa shape index (κ2) is 10.2. The summed E-state index contributed by atoms with van der Waals surface area (Å²) in [5.74, 6) is -0.360. The molecule has 0 aromatic heterocycles. The lowest BCUT2D eigenvalue weighted by Gasteiger charge is -2.32. The van der Waals surface area contributed by atoms with E-state index in [0.717, 1.165) is 35.2 Å². The first-order valence-corrected chi connectivity index (χ1v) is 10.6. The molecular formula is C22H26N4O3S. The molecule has 0 radical (unpaired) electrons. The van der Waals surface area contributed by atoms with Crippen molar-refractivity contribution in [2.24, 2.45) is 5.92 Å². The van der Waals surface area contributed by atoms with Gasteiger partial charge in [-0.2, -0.15) is 0 Å². The minimum Gasteiger partial charge on any atom is -0.339 e. The number of carbonyl (C=O) groups is 3. The average molecular weight is 427 g/mol. The average Bonchev–Trinajstić information content (AvgIpc) is 2.75. The Morgan fingerprint density at radius 2 is 1.63 bits per heavy atom. The number of urea groups is 1. The highest BCUT2D eigenvalue weighted by molar-refractivity contribution is 8.13. The number of hydrogen-bond donors (Lipinski definition) is 2. The van der Waals surface area contributed by atoms with E-state index < -0.39 is 0 Å². The van der Waals surface area contributed by atoms with Crippen LogP contribution in [0.5, 0.6) is 0 Å². The van der Waals surface area contributed by atoms with Gasteiger partial charge in [0, 0.05) is 43.5 Å². The predicted octanol–water partition coefficient (Wildman–Crippen LogP) is 4.34. The van der Waals surface area contributed by atoms with E-state index in [1.54, 1.807) is 31.1 Å². The normalized spacial score (nSPS) is 15.9. The monoisotopic (exact) mass is 426 g/mol. The molecule has 1 unspecified atom stereocenters. The van der Waals surface area contributed by atoms with Crippen LogP contribution < -0.4 is 10.6 Å². The number of hydrogen-bond acceptors (Lipinski definition) is 4. The first kappa shape index (κ1) is 21.7. The molecule has 30 heavy (non-hydrogen) atoms. The van der Waals surface area contributed by atoms with Crippen LogP contribution in [0.2, 0.25) is 0 Å². The maximum Gasteiger partial charge on any atom is 0.321 e. The van der Waals surface area contributed by atoms with Crippen LogP contribution in [0.4, 0.5) is 21.0 Å². The standard InChI is InChI=1S/C22H26N4O3S/c1-25(2)22(29)30-19-12-10-18(11-13-19)23-20(27)16-7-6-14-26(15-16)21(28)24-17-8-4-3-5-9-17/h3-5,8-13,16H,6-7,14-15H2,1-2H3,(H,23,27)(H,24,28). The van der Waals surface area contributed by atoms with Gasteiger partial charge in [-0.1, -0.05) is 18.2 Å². The molecule has 0 spiro atoms. The van der Waals surface area contributed by atoms with E-state index in [1.165, 1.54) is 4.90 Å². The van der Waals surface area contributed by atoms with Gasteiger partial charge in [0.1, 0.15) is 0 Å². The van der Waals surface area contributed by atoms with Gasteiger partial charge >= 0.3 is 6.03 Å². The van der Waals surface area contributed by atoms with Crippen LogP contribution in [-0.4, -0.2) is 54.2 Å². The van der Waals surface area contributed by atoms with E-state index >= 15 is 0 Å². The summed E-state index contributed by atoms with van der Waals surface area (Å²) in [5, 5.41) is 5.74. The zero-order valence-corrected chi connectivity index (χ0v) is 17.9. The lowest BCUT2D eigenvalue weighted by molar-refractivity contribution is -0.121. The van der Waals surface area contributed by atoms with E-state index in [1.807, 2.05) is 42.5 Å². The maximum absolute atomic E-state index is 12.7. The number of carbonyl (C=O) groups excluding carboxylic acids is 3. The van der Waals surface area contributed by atoms with Gasteiger partial charge in [0.15, 0.2) is 0 Å². The largest absolute Gasteiger partial charge is 0.339 e. The van der Waals surface area contributed by atoms with Crippen molar-refractivity contribution in [3.63, 3.8) is 0 Å². The number of likely N-dealkylation sites (tertiary alicyclic amines) is 1. The molecule has 1 atom stereocenters. The van der Waals surface area contributed by atoms with Crippen molar-refractivity contribution in [2.45, 2.75) is 17.7 Å². The lowest BCUT2D eigenvalue weighted by atomic mass is 9.97. The van der Waals surface area contributed by atoms with Gasteiger partial charge in [-0.3, -0.25) is 9.59 Å². The van der Waals surface area contributed by atoms with Gasteiger partial charge in [-0.25, -0.2) is 4.79 Å². The van der Waals surface area contributed by atoms with Crippen LogP contribution in [0.15, 0.2) is 59.5 Å². The fraction of sp³-hybridized carbons (Fsp3) is 0.318. The van der Waals surface area contributed by atoms with Crippen LogP contribution in [0.3, 0.4) is 0 Å². The number of rotatable bonds is 4. The van der Waals surface area contributed by atoms with Gasteiger partial charge in [-0.05, 0) is 61.0 Å². The third-order valence-electron chi connectivity index (χ3n) is 4.80. The van der Waals surface area contributed by atoms with E-state index in [-0.39, 0.29) is 23.1 Å². The molecule has 3 rings (SSSR count). The smallest absolute Gasteiger partial charge is 0.321 e. The summed E-state index contributed by atoms with van der Waals surface area (Å²) >= 11 is 1.13. The van der Waals surface area contributed by atoms with E-state index in [9.17, 15) is 14.4 Å². The van der Waals surface area contributed by atoms with Crippen molar-refractivity contribution in [1.29, 1.82) is 0 Å². The van der Waals surface area contributed by atoms with Crippen molar-refractivity contribution in [1.82, 2.24) is 9.80 Å². The number of nitrogens with one attached hydrogen (secondary N) is 2. The predicted molar refractivity (Wildman–Crippen MR) is 120 cm³/mol. The van der Waals surface area contributed by atoms with Crippen molar-refractivity contribution < 1.29 is 14.4 Å². The Morgan fingerprint density at radius 1 is 0.967 bits per heavy atom. The quantitative estimate of drug-likeness (QED) is 0.713. The maximum atomic E-state index is 12.7. The summed E-state index contributed by atoms with van der Waals surface area (Å²) in [4.78, 5) is 41.0. The molecule has 0 bridgehead atoms. The molecule has 2 aromatic carbocycles. The highest BCUT2D eigenvalue weighted by Gasteiger charge is 2.28. The molecule has 1 heterocycles. The molecule has 4 amide bonds. The van der Waals surface area contributed by atoms with E-state index in [0.29, 0.717) is 18.8 Å². The molecule has 8 heteroatoms. The van der Waals surface area contributed by atoms with Gasteiger partial charge in [-0.15, -0.1) is 0 Å². The minimum absolute atomic E-state index is 0.0529. The zero-order chi connectivity index (χ0) is 21.5. The highest BCUT2D eigenvalue weighted by Crippen LogP contribution is 2.24. The number of nitrogens with zero attached hydrogens (tertiary/aromatic N) is 2. The molecule has 158 valence electrons. The molecule has 1 fully saturated rings. The second-order valence-electron chi connectivity index (χ2n) is 7.36. The molecule has 7 nitrogen and oxygen atoms in total. The minimum atomic E-state index is -0.260. The fourth-order valence-corrected chi connectivity index (χ4v) is 3.80. The van der Waals surface area contributed by atoms with E-state index in [4.69, 9.17) is 0 Å². The van der Waals surface area contributed by atoms with Crippen LogP contribution in [-0.2, 0) is 4.79 Å². The third-order valence-corrected chi connectivity index (χ3v) is 5.84.